The number of carbonyl (C=O) groups is 1. The smallest absolute Gasteiger partial charge is 0.329 e. The first-order chi connectivity index (χ1) is 10.3. The van der Waals surface area contributed by atoms with Gasteiger partial charge in [0.05, 0.1) is 4.90 Å². The van der Waals surface area contributed by atoms with Crippen molar-refractivity contribution in [1.29, 1.82) is 0 Å². The van der Waals surface area contributed by atoms with Crippen molar-refractivity contribution in [2.24, 2.45) is 0 Å². The normalized spacial score (nSPS) is 14.3. The van der Waals surface area contributed by atoms with E-state index in [1.54, 1.807) is 30.3 Å². The fraction of sp³-hybridized carbons (Fsp3) is 0.133. The summed E-state index contributed by atoms with van der Waals surface area (Å²) in [5.74, 6) is -1.30. The molecular formula is C15H14ClNO4S. The molecule has 22 heavy (non-hydrogen) atoms. The van der Waals surface area contributed by atoms with Crippen molar-refractivity contribution in [1.82, 2.24) is 4.72 Å². The number of benzene rings is 2. The van der Waals surface area contributed by atoms with E-state index in [-0.39, 0.29) is 4.90 Å². The molecule has 0 aliphatic heterocycles. The molecule has 0 saturated heterocycles. The highest BCUT2D eigenvalue weighted by Crippen LogP contribution is 2.24. The Morgan fingerprint density at radius 1 is 1.09 bits per heavy atom. The van der Waals surface area contributed by atoms with E-state index in [4.69, 9.17) is 11.6 Å². The molecule has 0 radical (unpaired) electrons. The zero-order chi connectivity index (χ0) is 16.4. The lowest BCUT2D eigenvalue weighted by Gasteiger charge is -2.26. The minimum atomic E-state index is -4.02. The van der Waals surface area contributed by atoms with E-state index >= 15 is 0 Å². The van der Waals surface area contributed by atoms with E-state index in [1.807, 2.05) is 0 Å². The van der Waals surface area contributed by atoms with E-state index in [1.165, 1.54) is 31.2 Å². The summed E-state index contributed by atoms with van der Waals surface area (Å²) >= 11 is 5.73. The maximum Gasteiger partial charge on any atom is 0.329 e. The molecule has 0 amide bonds. The van der Waals surface area contributed by atoms with Gasteiger partial charge < -0.3 is 5.11 Å². The van der Waals surface area contributed by atoms with Crippen molar-refractivity contribution in [2.45, 2.75) is 17.4 Å². The van der Waals surface area contributed by atoms with Crippen molar-refractivity contribution in [3.05, 3.63) is 65.2 Å². The molecule has 5 nitrogen and oxygen atoms in total. The van der Waals surface area contributed by atoms with Gasteiger partial charge in [-0.05, 0) is 36.8 Å². The molecule has 2 aromatic rings. The van der Waals surface area contributed by atoms with Gasteiger partial charge in [-0.25, -0.2) is 13.2 Å². The third-order valence-corrected chi connectivity index (χ3v) is 5.06. The molecule has 1 atom stereocenters. The molecule has 1 unspecified atom stereocenters. The quantitative estimate of drug-likeness (QED) is 0.877. The molecular weight excluding hydrogens is 326 g/mol. The Morgan fingerprint density at radius 2 is 1.64 bits per heavy atom. The fourth-order valence-electron chi connectivity index (χ4n) is 1.94. The minimum Gasteiger partial charge on any atom is -0.480 e. The van der Waals surface area contributed by atoms with Crippen LogP contribution in [0.25, 0.3) is 0 Å². The molecule has 0 spiro atoms. The molecule has 0 bridgehead atoms. The van der Waals surface area contributed by atoms with Gasteiger partial charge in [0.25, 0.3) is 0 Å². The molecule has 0 aliphatic rings. The van der Waals surface area contributed by atoms with E-state index < -0.39 is 21.5 Å². The van der Waals surface area contributed by atoms with Gasteiger partial charge in [-0.15, -0.1) is 0 Å². The molecule has 0 heterocycles. The Balaban J connectivity index is 2.44. The van der Waals surface area contributed by atoms with Crippen molar-refractivity contribution in [3.8, 4) is 0 Å². The number of hydrogen-bond acceptors (Lipinski definition) is 3. The summed E-state index contributed by atoms with van der Waals surface area (Å²) in [4.78, 5) is 11.6. The van der Waals surface area contributed by atoms with Crippen molar-refractivity contribution in [2.75, 3.05) is 0 Å². The summed E-state index contributed by atoms with van der Waals surface area (Å²) in [6.45, 7) is 1.30. The molecule has 0 fully saturated rings. The van der Waals surface area contributed by atoms with Gasteiger partial charge in [0.2, 0.25) is 10.0 Å². The first kappa shape index (κ1) is 16.5. The fourth-order valence-corrected chi connectivity index (χ4v) is 3.42. The number of carboxylic acids is 1. The molecule has 2 N–H and O–H groups in total. The maximum atomic E-state index is 12.4. The van der Waals surface area contributed by atoms with Crippen LogP contribution in [0.1, 0.15) is 12.5 Å². The Hall–Kier alpha value is -1.89. The summed E-state index contributed by atoms with van der Waals surface area (Å²) in [6.07, 6.45) is 0. The molecule has 0 aromatic heterocycles. The van der Waals surface area contributed by atoms with Crippen LogP contribution in [0, 0.1) is 0 Å². The van der Waals surface area contributed by atoms with E-state index in [2.05, 4.69) is 4.72 Å². The standard InChI is InChI=1S/C15H14ClNO4S/c1-15(14(18)19,11-5-3-2-4-6-11)17-22(20,21)13-9-7-12(16)8-10-13/h2-10,17H,1H3,(H,18,19). The highest BCUT2D eigenvalue weighted by molar-refractivity contribution is 7.89. The second-order valence-corrected chi connectivity index (χ2v) is 6.97. The van der Waals surface area contributed by atoms with Crippen molar-refractivity contribution < 1.29 is 18.3 Å². The van der Waals surface area contributed by atoms with Gasteiger partial charge in [-0.3, -0.25) is 0 Å². The molecule has 0 saturated carbocycles. The summed E-state index contributed by atoms with van der Waals surface area (Å²) in [6, 6.07) is 13.6. The Kier molecular flexibility index (Phi) is 4.55. The first-order valence-electron chi connectivity index (χ1n) is 6.34. The Bertz CT molecular complexity index is 775. The number of nitrogens with one attached hydrogen (secondary N) is 1. The van der Waals surface area contributed by atoms with Crippen LogP contribution in [0.3, 0.4) is 0 Å². The Morgan fingerprint density at radius 3 is 2.14 bits per heavy atom. The second-order valence-electron chi connectivity index (χ2n) is 4.86. The van der Waals surface area contributed by atoms with Gasteiger partial charge >= 0.3 is 5.97 Å². The highest BCUT2D eigenvalue weighted by atomic mass is 35.5. The maximum absolute atomic E-state index is 12.4. The zero-order valence-electron chi connectivity index (χ0n) is 11.7. The largest absolute Gasteiger partial charge is 0.480 e. The van der Waals surface area contributed by atoms with Crippen LogP contribution in [-0.2, 0) is 20.4 Å². The van der Waals surface area contributed by atoms with Gasteiger partial charge in [0.1, 0.15) is 0 Å². The number of carboxylic acid groups (broad SMARTS) is 1. The Labute approximate surface area is 133 Å². The average Bonchev–Trinajstić information content (AvgIpc) is 2.48. The monoisotopic (exact) mass is 339 g/mol. The summed E-state index contributed by atoms with van der Waals surface area (Å²) < 4.78 is 27.1. The highest BCUT2D eigenvalue weighted by Gasteiger charge is 2.39. The van der Waals surface area contributed by atoms with Crippen molar-refractivity contribution in [3.63, 3.8) is 0 Å². The van der Waals surface area contributed by atoms with Crippen LogP contribution in [-0.4, -0.2) is 19.5 Å². The van der Waals surface area contributed by atoms with Gasteiger partial charge in [0.15, 0.2) is 5.54 Å². The van der Waals surface area contributed by atoms with Crippen LogP contribution in [0.2, 0.25) is 5.02 Å². The van der Waals surface area contributed by atoms with Gasteiger partial charge in [-0.1, -0.05) is 41.9 Å². The van der Waals surface area contributed by atoms with E-state index in [0.717, 1.165) is 0 Å². The van der Waals surface area contributed by atoms with Gasteiger partial charge in [0, 0.05) is 5.02 Å². The lowest BCUT2D eigenvalue weighted by molar-refractivity contribution is -0.143. The van der Waals surface area contributed by atoms with E-state index in [0.29, 0.717) is 10.6 Å². The predicted octanol–water partition coefficient (Wildman–Crippen LogP) is 2.62. The second kappa shape index (κ2) is 6.08. The molecule has 0 aliphatic carbocycles. The lowest BCUT2D eigenvalue weighted by Crippen LogP contribution is -2.49. The topological polar surface area (TPSA) is 83.5 Å². The number of halogens is 1. The summed E-state index contributed by atoms with van der Waals surface area (Å²) in [5, 5.41) is 9.88. The minimum absolute atomic E-state index is 0.0553. The number of hydrogen-bond donors (Lipinski definition) is 2. The summed E-state index contributed by atoms with van der Waals surface area (Å²) in [7, 11) is -4.02. The molecule has 2 rings (SSSR count). The first-order valence-corrected chi connectivity index (χ1v) is 8.20. The number of aliphatic carboxylic acids is 1. The molecule has 7 heteroatoms. The number of sulfonamides is 1. The molecule has 116 valence electrons. The van der Waals surface area contributed by atoms with Crippen LogP contribution in [0.5, 0.6) is 0 Å². The summed E-state index contributed by atoms with van der Waals surface area (Å²) in [5.41, 5.74) is -1.44. The third-order valence-electron chi connectivity index (χ3n) is 3.24. The zero-order valence-corrected chi connectivity index (χ0v) is 13.2. The van der Waals surface area contributed by atoms with Crippen LogP contribution in [0.15, 0.2) is 59.5 Å². The average molecular weight is 340 g/mol. The SMILES string of the molecule is CC(NS(=O)(=O)c1ccc(Cl)cc1)(C(=O)O)c1ccccc1. The van der Waals surface area contributed by atoms with Crippen LogP contribution in [0.4, 0.5) is 0 Å². The van der Waals surface area contributed by atoms with Crippen LogP contribution < -0.4 is 4.72 Å². The lowest BCUT2D eigenvalue weighted by atomic mass is 9.94. The van der Waals surface area contributed by atoms with Crippen molar-refractivity contribution >= 4 is 27.6 Å². The van der Waals surface area contributed by atoms with Gasteiger partial charge in [-0.2, -0.15) is 4.72 Å². The van der Waals surface area contributed by atoms with Crippen LogP contribution >= 0.6 is 11.6 Å². The van der Waals surface area contributed by atoms with E-state index in [9.17, 15) is 18.3 Å². The third kappa shape index (κ3) is 3.30. The number of rotatable bonds is 5. The predicted molar refractivity (Wildman–Crippen MR) is 83.2 cm³/mol. The molecule has 2 aromatic carbocycles.